The van der Waals surface area contributed by atoms with Gasteiger partial charge in [0.15, 0.2) is 0 Å². The predicted molar refractivity (Wildman–Crippen MR) is 55.7 cm³/mol. The molecule has 0 radical (unpaired) electrons. The highest BCUT2D eigenvalue weighted by molar-refractivity contribution is 4.82. The minimum atomic E-state index is -0.0487. The van der Waals surface area contributed by atoms with Crippen molar-refractivity contribution in [1.82, 2.24) is 4.90 Å². The Kier molecular flexibility index (Phi) is 3.36. The predicted octanol–water partition coefficient (Wildman–Crippen LogP) is 1.88. The lowest BCUT2D eigenvalue weighted by atomic mass is 9.95. The molecule has 2 nitrogen and oxygen atoms in total. The average molecular weight is 185 g/mol. The van der Waals surface area contributed by atoms with E-state index < -0.39 is 0 Å². The third-order valence-electron chi connectivity index (χ3n) is 2.72. The van der Waals surface area contributed by atoms with Gasteiger partial charge in [-0.15, -0.1) is 0 Å². The van der Waals surface area contributed by atoms with Crippen molar-refractivity contribution in [3.63, 3.8) is 0 Å². The van der Waals surface area contributed by atoms with Crippen LogP contribution in [-0.2, 0) is 0 Å². The minimum Gasteiger partial charge on any atom is -0.393 e. The van der Waals surface area contributed by atoms with Crippen LogP contribution in [0.4, 0.5) is 0 Å². The highest BCUT2D eigenvalue weighted by Crippen LogP contribution is 2.25. The number of nitrogens with zero attached hydrogens (tertiary/aromatic N) is 1. The lowest BCUT2D eigenvalue weighted by molar-refractivity contribution is 0.142. The van der Waals surface area contributed by atoms with Gasteiger partial charge >= 0.3 is 0 Å². The van der Waals surface area contributed by atoms with Crippen molar-refractivity contribution in [2.45, 2.75) is 52.2 Å². The molecular weight excluding hydrogens is 162 g/mol. The summed E-state index contributed by atoms with van der Waals surface area (Å²) in [6.45, 7) is 7.89. The Morgan fingerprint density at radius 3 is 2.31 bits per heavy atom. The van der Waals surface area contributed by atoms with Crippen molar-refractivity contribution < 1.29 is 5.11 Å². The molecule has 1 aliphatic rings. The third-order valence-corrected chi connectivity index (χ3v) is 2.72. The molecule has 0 aromatic heterocycles. The highest BCUT2D eigenvalue weighted by atomic mass is 16.3. The zero-order chi connectivity index (χ0) is 10.1. The Labute approximate surface area is 81.9 Å². The van der Waals surface area contributed by atoms with Crippen LogP contribution in [0.1, 0.15) is 40.0 Å². The van der Waals surface area contributed by atoms with E-state index in [9.17, 15) is 5.11 Å². The summed E-state index contributed by atoms with van der Waals surface area (Å²) in [6, 6.07) is 0.606. The van der Waals surface area contributed by atoms with Gasteiger partial charge in [0.25, 0.3) is 0 Å². The summed E-state index contributed by atoms with van der Waals surface area (Å²) in [6.07, 6.45) is 3.06. The first kappa shape index (κ1) is 11.0. The number of hydrogen-bond donors (Lipinski definition) is 1. The van der Waals surface area contributed by atoms with Crippen molar-refractivity contribution in [1.29, 1.82) is 0 Å². The van der Waals surface area contributed by atoms with Crippen molar-refractivity contribution >= 4 is 0 Å². The van der Waals surface area contributed by atoms with Crippen molar-refractivity contribution in [2.24, 2.45) is 5.41 Å². The maximum Gasteiger partial charge on any atom is 0.0555 e. The summed E-state index contributed by atoms with van der Waals surface area (Å²) in [7, 11) is 2.17. The highest BCUT2D eigenvalue weighted by Gasteiger charge is 2.27. The molecule has 2 heteroatoms. The normalized spacial score (nSPS) is 30.0. The van der Waals surface area contributed by atoms with Gasteiger partial charge in [-0.1, -0.05) is 20.8 Å². The summed E-state index contributed by atoms with van der Waals surface area (Å²) < 4.78 is 0. The molecule has 13 heavy (non-hydrogen) atoms. The van der Waals surface area contributed by atoms with E-state index in [1.165, 1.54) is 0 Å². The SMILES string of the molecule is CN(CC(C)(C)C)C1CCC(O)C1. The van der Waals surface area contributed by atoms with Crippen molar-refractivity contribution in [2.75, 3.05) is 13.6 Å². The quantitative estimate of drug-likeness (QED) is 0.710. The summed E-state index contributed by atoms with van der Waals surface area (Å²) >= 11 is 0. The van der Waals surface area contributed by atoms with Gasteiger partial charge in [-0.25, -0.2) is 0 Å². The second-order valence-corrected chi connectivity index (χ2v) is 5.60. The van der Waals surface area contributed by atoms with E-state index in [2.05, 4.69) is 32.7 Å². The molecule has 0 amide bonds. The van der Waals surface area contributed by atoms with Crippen molar-refractivity contribution in [3.05, 3.63) is 0 Å². The van der Waals surface area contributed by atoms with E-state index in [1.807, 2.05) is 0 Å². The second kappa shape index (κ2) is 3.97. The van der Waals surface area contributed by atoms with Crippen LogP contribution >= 0.6 is 0 Å². The molecule has 0 saturated heterocycles. The zero-order valence-corrected chi connectivity index (χ0v) is 9.38. The van der Waals surface area contributed by atoms with Crippen LogP contribution in [0.25, 0.3) is 0 Å². The van der Waals surface area contributed by atoms with Crippen LogP contribution in [-0.4, -0.2) is 35.7 Å². The van der Waals surface area contributed by atoms with Crippen LogP contribution in [0.2, 0.25) is 0 Å². The number of aliphatic hydroxyl groups excluding tert-OH is 1. The van der Waals surface area contributed by atoms with Gasteiger partial charge in [0.2, 0.25) is 0 Å². The van der Waals surface area contributed by atoms with Crippen LogP contribution in [0.15, 0.2) is 0 Å². The molecular formula is C11H23NO. The monoisotopic (exact) mass is 185 g/mol. The van der Waals surface area contributed by atoms with Gasteiger partial charge in [0.05, 0.1) is 6.10 Å². The minimum absolute atomic E-state index is 0.0487. The Bertz CT molecular complexity index is 162. The number of hydrogen-bond acceptors (Lipinski definition) is 2. The summed E-state index contributed by atoms with van der Waals surface area (Å²) in [5.41, 5.74) is 0.363. The molecule has 0 bridgehead atoms. The largest absolute Gasteiger partial charge is 0.393 e. The van der Waals surface area contributed by atoms with Crippen LogP contribution < -0.4 is 0 Å². The maximum atomic E-state index is 9.42. The molecule has 1 saturated carbocycles. The molecule has 0 heterocycles. The number of rotatable bonds is 2. The summed E-state index contributed by atoms with van der Waals surface area (Å²) in [5.74, 6) is 0. The maximum absolute atomic E-state index is 9.42. The molecule has 2 atom stereocenters. The second-order valence-electron chi connectivity index (χ2n) is 5.60. The first-order valence-corrected chi connectivity index (χ1v) is 5.27. The smallest absolute Gasteiger partial charge is 0.0555 e. The van der Waals surface area contributed by atoms with Crippen LogP contribution in [0.3, 0.4) is 0 Å². The summed E-state index contributed by atoms with van der Waals surface area (Å²) in [5, 5.41) is 9.42. The van der Waals surface area contributed by atoms with Gasteiger partial charge in [-0.2, -0.15) is 0 Å². The van der Waals surface area contributed by atoms with Gasteiger partial charge in [-0.3, -0.25) is 0 Å². The first-order chi connectivity index (χ1) is 5.88. The molecule has 2 unspecified atom stereocenters. The molecule has 0 aliphatic heterocycles. The molecule has 1 aliphatic carbocycles. The van der Waals surface area contributed by atoms with Crippen molar-refractivity contribution in [3.8, 4) is 0 Å². The molecule has 0 aromatic rings. The molecule has 0 spiro atoms. The average Bonchev–Trinajstić information content (AvgIpc) is 2.31. The van der Waals surface area contributed by atoms with Crippen LogP contribution in [0, 0.1) is 5.41 Å². The fraction of sp³-hybridized carbons (Fsp3) is 1.00. The fourth-order valence-corrected chi connectivity index (χ4v) is 2.21. The van der Waals surface area contributed by atoms with Crippen LogP contribution in [0.5, 0.6) is 0 Å². The molecule has 0 aromatic carbocycles. The molecule has 1 N–H and O–H groups in total. The Morgan fingerprint density at radius 2 is 1.92 bits per heavy atom. The lowest BCUT2D eigenvalue weighted by Gasteiger charge is -2.31. The van der Waals surface area contributed by atoms with E-state index in [-0.39, 0.29) is 6.10 Å². The van der Waals surface area contributed by atoms with E-state index in [4.69, 9.17) is 0 Å². The van der Waals surface area contributed by atoms with Gasteiger partial charge in [0, 0.05) is 12.6 Å². The molecule has 78 valence electrons. The number of aliphatic hydroxyl groups is 1. The first-order valence-electron chi connectivity index (χ1n) is 5.27. The zero-order valence-electron chi connectivity index (χ0n) is 9.38. The fourth-order valence-electron chi connectivity index (χ4n) is 2.21. The van der Waals surface area contributed by atoms with Gasteiger partial charge in [0.1, 0.15) is 0 Å². The topological polar surface area (TPSA) is 23.5 Å². The Hall–Kier alpha value is -0.0800. The van der Waals surface area contributed by atoms with E-state index >= 15 is 0 Å². The van der Waals surface area contributed by atoms with E-state index in [1.54, 1.807) is 0 Å². The molecule has 1 fully saturated rings. The van der Waals surface area contributed by atoms with E-state index in [0.717, 1.165) is 25.8 Å². The third kappa shape index (κ3) is 3.65. The van der Waals surface area contributed by atoms with Gasteiger partial charge < -0.3 is 10.0 Å². The molecule has 1 rings (SSSR count). The standard InChI is InChI=1S/C11H23NO/c1-11(2,3)8-12(4)9-5-6-10(13)7-9/h9-10,13H,5-8H2,1-4H3. The van der Waals surface area contributed by atoms with E-state index in [0.29, 0.717) is 11.5 Å². The summed E-state index contributed by atoms with van der Waals surface area (Å²) in [4.78, 5) is 2.40. The lowest BCUT2D eigenvalue weighted by Crippen LogP contribution is -2.36. The van der Waals surface area contributed by atoms with Gasteiger partial charge in [-0.05, 0) is 31.7 Å². The Balaban J connectivity index is 2.36. The Morgan fingerprint density at radius 1 is 1.31 bits per heavy atom.